The van der Waals surface area contributed by atoms with Crippen molar-refractivity contribution in [2.24, 2.45) is 18.7 Å². The van der Waals surface area contributed by atoms with E-state index >= 15 is 8.78 Å². The number of imide groups is 1. The predicted molar refractivity (Wildman–Crippen MR) is 278 cm³/mol. The zero-order valence-corrected chi connectivity index (χ0v) is 43.5. The second kappa shape index (κ2) is 21.2. The molecule has 3 saturated heterocycles. The summed E-state index contributed by atoms with van der Waals surface area (Å²) < 4.78 is 46.3. The van der Waals surface area contributed by atoms with Crippen LogP contribution in [0.3, 0.4) is 0 Å². The van der Waals surface area contributed by atoms with Gasteiger partial charge in [0.25, 0.3) is 0 Å². The second-order valence-electron chi connectivity index (χ2n) is 20.3. The summed E-state index contributed by atoms with van der Waals surface area (Å²) in [6.07, 6.45) is 6.67. The number of benzene rings is 4. The number of urea groups is 1. The second-order valence-corrected chi connectivity index (χ2v) is 21.4. The molecule has 5 aromatic rings. The lowest BCUT2D eigenvalue weighted by molar-refractivity contribution is -0.138. The maximum atomic E-state index is 16.5. The Hall–Kier alpha value is -5.56. The number of anilines is 1. The summed E-state index contributed by atoms with van der Waals surface area (Å²) in [5.74, 6) is -3.12. The summed E-state index contributed by atoms with van der Waals surface area (Å²) in [5, 5.41) is 21.4. The van der Waals surface area contributed by atoms with Crippen LogP contribution in [0.2, 0.25) is 15.1 Å². The van der Waals surface area contributed by atoms with E-state index in [-0.39, 0.29) is 90.6 Å². The Labute approximate surface area is 442 Å². The number of hydrogen-bond donors (Lipinski definition) is 4. The molecule has 5 N–H and O–H groups in total. The van der Waals surface area contributed by atoms with Crippen molar-refractivity contribution in [3.63, 3.8) is 0 Å². The summed E-state index contributed by atoms with van der Waals surface area (Å²) in [7, 11) is 1.79. The molecule has 0 radical (unpaired) electrons. The van der Waals surface area contributed by atoms with Gasteiger partial charge >= 0.3 is 6.03 Å². The number of primary amides is 1. The zero-order valence-electron chi connectivity index (χ0n) is 41.2. The number of piperidine rings is 2. The third-order valence-electron chi connectivity index (χ3n) is 16.2. The number of rotatable bonds is 13. The minimum Gasteiger partial charge on any atom is -0.488 e. The number of nitrogens with zero attached hydrogens (tertiary/aromatic N) is 5. The third kappa shape index (κ3) is 9.46. The third-order valence-corrected chi connectivity index (χ3v) is 17.3. The van der Waals surface area contributed by atoms with E-state index in [4.69, 9.17) is 50.0 Å². The number of carbonyl (C=O) groups is 4. The minimum absolute atomic E-state index is 0.0518. The Morgan fingerprint density at radius 3 is 2.31 bits per heavy atom. The van der Waals surface area contributed by atoms with E-state index in [1.165, 1.54) is 23.1 Å². The van der Waals surface area contributed by atoms with Crippen molar-refractivity contribution in [3.05, 3.63) is 104 Å². The predicted octanol–water partition coefficient (Wildman–Crippen LogP) is 8.81. The molecule has 5 aliphatic rings. The molecule has 2 unspecified atom stereocenters. The molecule has 10 rings (SSSR count). The number of halogens is 5. The molecule has 4 aliphatic heterocycles. The molecule has 1 aliphatic carbocycles. The van der Waals surface area contributed by atoms with Crippen LogP contribution in [0.4, 0.5) is 19.4 Å². The number of nitrogens with one attached hydrogen (secondary N) is 2. The van der Waals surface area contributed by atoms with E-state index in [0.29, 0.717) is 51.5 Å². The summed E-state index contributed by atoms with van der Waals surface area (Å²) in [4.78, 5) is 57.4. The number of aromatic nitrogens is 2. The fourth-order valence-corrected chi connectivity index (χ4v) is 13.4. The van der Waals surface area contributed by atoms with Crippen molar-refractivity contribution in [1.82, 2.24) is 30.2 Å². The summed E-state index contributed by atoms with van der Waals surface area (Å²) >= 11 is 20.8. The highest BCUT2D eigenvalue weighted by atomic mass is 35.5. The molecular weight excluding hydrogens is 1020 g/mol. The van der Waals surface area contributed by atoms with E-state index in [2.05, 4.69) is 20.6 Å². The van der Waals surface area contributed by atoms with Crippen molar-refractivity contribution in [3.8, 4) is 22.6 Å². The first-order valence-corrected chi connectivity index (χ1v) is 26.6. The molecule has 392 valence electrons. The lowest BCUT2D eigenvalue weighted by Crippen LogP contribution is -2.51. The fourth-order valence-electron chi connectivity index (χ4n) is 12.3. The van der Waals surface area contributed by atoms with Crippen LogP contribution in [-0.2, 0) is 22.2 Å². The first-order chi connectivity index (χ1) is 35.6. The Bertz CT molecular complexity index is 3010. The molecular formula is C54H59Cl3F2N8O7. The summed E-state index contributed by atoms with van der Waals surface area (Å²) in [6.45, 7) is 4.96. The highest BCUT2D eigenvalue weighted by molar-refractivity contribution is 6.40. The van der Waals surface area contributed by atoms with Gasteiger partial charge in [0.1, 0.15) is 18.2 Å². The van der Waals surface area contributed by atoms with Gasteiger partial charge < -0.3 is 35.4 Å². The van der Waals surface area contributed by atoms with Crippen LogP contribution >= 0.6 is 34.8 Å². The van der Waals surface area contributed by atoms with E-state index in [9.17, 15) is 24.3 Å². The number of fused-ring (bicyclic) bond motifs is 2. The SMILES string of the molecule is CC1c2c(cc(F)c(Cl)c2-c2c(C(N)=O)ccc(OCCO)c2F)OC1(CNC1CCC(C(=O)N2CCC(N3CCC(c4c(Cl)cc5c(N6CCC(=O)NC6=O)nn(C)c5c4Cl)CC3)CC2)CC1)c1ccccc1. The Balaban J connectivity index is 0.758. The van der Waals surface area contributed by atoms with Crippen LogP contribution in [0.25, 0.3) is 22.0 Å². The Morgan fingerprint density at radius 2 is 1.64 bits per heavy atom. The molecule has 74 heavy (non-hydrogen) atoms. The minimum atomic E-state index is -1.12. The first kappa shape index (κ1) is 51.9. The highest BCUT2D eigenvalue weighted by Gasteiger charge is 2.50. The molecule has 2 atom stereocenters. The molecule has 4 fully saturated rings. The van der Waals surface area contributed by atoms with Crippen LogP contribution in [0.5, 0.6) is 11.5 Å². The summed E-state index contributed by atoms with van der Waals surface area (Å²) in [5.41, 5.74) is 6.84. The van der Waals surface area contributed by atoms with Crippen LogP contribution in [0.15, 0.2) is 54.6 Å². The van der Waals surface area contributed by atoms with Crippen molar-refractivity contribution in [2.75, 3.05) is 57.4 Å². The van der Waals surface area contributed by atoms with E-state index < -0.39 is 40.1 Å². The Morgan fingerprint density at radius 1 is 0.919 bits per heavy atom. The topological polar surface area (TPSA) is 185 Å². The van der Waals surface area contributed by atoms with Gasteiger partial charge in [-0.1, -0.05) is 72.1 Å². The van der Waals surface area contributed by atoms with Gasteiger partial charge in [0.15, 0.2) is 23.0 Å². The average Bonchev–Trinajstić information content (AvgIpc) is 3.88. The van der Waals surface area contributed by atoms with Crippen molar-refractivity contribution in [2.45, 2.75) is 94.2 Å². The summed E-state index contributed by atoms with van der Waals surface area (Å²) in [6, 6.07) is 15.0. The number of aliphatic hydroxyl groups is 1. The molecule has 5 amide bonds. The molecule has 4 aromatic carbocycles. The number of carbonyl (C=O) groups excluding carboxylic acids is 4. The smallest absolute Gasteiger partial charge is 0.329 e. The number of nitrogens with two attached hydrogens (primary N) is 1. The van der Waals surface area contributed by atoms with Crippen molar-refractivity contribution >= 4 is 75.3 Å². The maximum Gasteiger partial charge on any atom is 0.329 e. The number of ether oxygens (including phenoxy) is 2. The standard InChI is InChI=1S/C54H59Cl3F2N8O7/c1-29-42-40(27-38(58)46(56)45(42)44-35(50(60)70)12-13-39(48(44)59)73-25-24-68)74-54(29,32-6-4-3-5-7-32)28-61-33-10-8-31(9-11-33)52(71)66-21-16-34(17-22-66)65-19-14-30(15-20-65)43-37(55)26-36-49(47(43)57)64(2)63-51(36)67-23-18-41(69)62-53(67)72/h3-7,12-13,26-27,29-31,33-34,61,68H,8-11,14-25,28H2,1-2H3,(H2,60,70)(H,62,69,72). The van der Waals surface area contributed by atoms with E-state index in [1.807, 2.05) is 48.2 Å². The monoisotopic (exact) mass is 1070 g/mol. The van der Waals surface area contributed by atoms with Gasteiger partial charge in [0.05, 0.1) is 27.7 Å². The maximum absolute atomic E-state index is 16.5. The van der Waals surface area contributed by atoms with Crippen LogP contribution < -0.4 is 30.7 Å². The number of likely N-dealkylation sites (tertiary alicyclic amines) is 2. The quantitative estimate of drug-likeness (QED) is 0.0889. The van der Waals surface area contributed by atoms with E-state index in [0.717, 1.165) is 75.6 Å². The van der Waals surface area contributed by atoms with Crippen LogP contribution in [0.1, 0.15) is 104 Å². The molecule has 0 bridgehead atoms. The highest BCUT2D eigenvalue weighted by Crippen LogP contribution is 2.57. The average molecular weight is 1080 g/mol. The molecule has 0 spiro atoms. The number of aliphatic hydroxyl groups excluding tert-OH is 1. The van der Waals surface area contributed by atoms with Gasteiger partial charge in [-0.3, -0.25) is 29.3 Å². The normalized spacial score (nSPS) is 23.0. The first-order valence-electron chi connectivity index (χ1n) is 25.4. The van der Waals surface area contributed by atoms with Crippen LogP contribution in [-0.4, -0.2) is 113 Å². The van der Waals surface area contributed by atoms with Crippen molar-refractivity contribution in [1.29, 1.82) is 0 Å². The molecule has 5 heterocycles. The lowest BCUT2D eigenvalue weighted by atomic mass is 9.77. The largest absolute Gasteiger partial charge is 0.488 e. The fraction of sp³-hybridized carbons (Fsp3) is 0.463. The van der Waals surface area contributed by atoms with Crippen LogP contribution in [0, 0.1) is 17.6 Å². The zero-order chi connectivity index (χ0) is 52.2. The van der Waals surface area contributed by atoms with Crippen molar-refractivity contribution < 1.29 is 42.5 Å². The van der Waals surface area contributed by atoms with Gasteiger partial charge in [0, 0.05) is 96.7 Å². The number of amides is 5. The van der Waals surface area contributed by atoms with E-state index in [1.54, 1.807) is 11.7 Å². The molecule has 15 nitrogen and oxygen atoms in total. The van der Waals surface area contributed by atoms with Gasteiger partial charge in [-0.2, -0.15) is 5.10 Å². The lowest BCUT2D eigenvalue weighted by Gasteiger charge is -2.43. The number of aryl methyl sites for hydroxylation is 1. The molecule has 1 saturated carbocycles. The van der Waals surface area contributed by atoms with Gasteiger partial charge in [-0.25, -0.2) is 13.6 Å². The van der Waals surface area contributed by atoms with Gasteiger partial charge in [-0.15, -0.1) is 0 Å². The Kier molecular flexibility index (Phi) is 14.9. The molecule has 1 aromatic heterocycles. The number of hydrogen-bond acceptors (Lipinski definition) is 10. The van der Waals surface area contributed by atoms with Gasteiger partial charge in [-0.05, 0) is 99.7 Å². The van der Waals surface area contributed by atoms with Gasteiger partial charge in [0.2, 0.25) is 17.7 Å². The molecule has 20 heteroatoms.